The highest BCUT2D eigenvalue weighted by Gasteiger charge is 2.25. The van der Waals surface area contributed by atoms with Crippen molar-refractivity contribution in [3.63, 3.8) is 0 Å². The molecule has 1 heterocycles. The predicted octanol–water partition coefficient (Wildman–Crippen LogP) is 2.09. The van der Waals surface area contributed by atoms with Gasteiger partial charge in [-0.1, -0.05) is 12.1 Å². The van der Waals surface area contributed by atoms with E-state index in [0.717, 1.165) is 12.1 Å². The summed E-state index contributed by atoms with van der Waals surface area (Å²) in [5.41, 5.74) is 0.531. The number of halogens is 1. The van der Waals surface area contributed by atoms with Gasteiger partial charge in [0.05, 0.1) is 0 Å². The number of ether oxygens (including phenoxy) is 1. The average Bonchev–Trinajstić information content (AvgIpc) is 2.24. The van der Waals surface area contributed by atoms with Gasteiger partial charge in [-0.3, -0.25) is 0 Å². The van der Waals surface area contributed by atoms with Gasteiger partial charge in [0.25, 0.3) is 0 Å². The molecule has 3 heteroatoms. The van der Waals surface area contributed by atoms with Crippen LogP contribution in [0.5, 0.6) is 5.75 Å². The highest BCUT2D eigenvalue weighted by atomic mass is 19.1. The van der Waals surface area contributed by atoms with Crippen molar-refractivity contribution in [2.75, 3.05) is 6.54 Å². The first kappa shape index (κ1) is 9.46. The minimum Gasteiger partial charge on any atom is -0.483 e. The number of fused-ring (bicyclic) bond motifs is 1. The summed E-state index contributed by atoms with van der Waals surface area (Å²) in [7, 11) is 0. The molecule has 0 atom stereocenters. The third-order valence-electron chi connectivity index (χ3n) is 2.29. The van der Waals surface area contributed by atoms with Gasteiger partial charge in [0.2, 0.25) is 0 Å². The third-order valence-corrected chi connectivity index (χ3v) is 2.29. The Labute approximate surface area is 83.1 Å². The molecule has 0 fully saturated rings. The van der Waals surface area contributed by atoms with Crippen molar-refractivity contribution >= 4 is 0 Å². The van der Waals surface area contributed by atoms with Crippen LogP contribution < -0.4 is 10.1 Å². The van der Waals surface area contributed by atoms with E-state index in [9.17, 15) is 4.39 Å². The summed E-state index contributed by atoms with van der Waals surface area (Å²) in [4.78, 5) is 0. The van der Waals surface area contributed by atoms with E-state index in [1.807, 2.05) is 19.9 Å². The van der Waals surface area contributed by atoms with Crippen molar-refractivity contribution in [3.8, 4) is 5.75 Å². The lowest BCUT2D eigenvalue weighted by atomic mass is 10.1. The van der Waals surface area contributed by atoms with Gasteiger partial charge in [0.15, 0.2) is 11.6 Å². The van der Waals surface area contributed by atoms with Gasteiger partial charge in [0.1, 0.15) is 5.60 Å². The standard InChI is InChI=1S/C11H14FNO/c1-11(2)7-13-6-8-4-3-5-9(12)10(8)14-11/h3-5,13H,6-7H2,1-2H3. The summed E-state index contributed by atoms with van der Waals surface area (Å²) in [6.07, 6.45) is 0. The molecule has 14 heavy (non-hydrogen) atoms. The Bertz CT molecular complexity index is 349. The number of nitrogens with one attached hydrogen (secondary N) is 1. The molecule has 0 saturated carbocycles. The van der Waals surface area contributed by atoms with Crippen LogP contribution in [-0.4, -0.2) is 12.1 Å². The zero-order valence-electron chi connectivity index (χ0n) is 8.43. The molecule has 1 N–H and O–H groups in total. The Kier molecular flexibility index (Phi) is 2.19. The average molecular weight is 195 g/mol. The van der Waals surface area contributed by atoms with E-state index in [4.69, 9.17) is 4.74 Å². The van der Waals surface area contributed by atoms with E-state index in [-0.39, 0.29) is 11.4 Å². The van der Waals surface area contributed by atoms with Gasteiger partial charge < -0.3 is 10.1 Å². The van der Waals surface area contributed by atoms with Crippen molar-refractivity contribution < 1.29 is 9.13 Å². The summed E-state index contributed by atoms with van der Waals surface area (Å²) >= 11 is 0. The third kappa shape index (κ3) is 1.73. The van der Waals surface area contributed by atoms with Crippen LogP contribution in [0.4, 0.5) is 4.39 Å². The summed E-state index contributed by atoms with van der Waals surface area (Å²) in [6, 6.07) is 5.02. The second kappa shape index (κ2) is 3.24. The number of hydrogen-bond donors (Lipinski definition) is 1. The molecule has 1 aromatic carbocycles. The Balaban J connectivity index is 2.43. The van der Waals surface area contributed by atoms with E-state index in [0.29, 0.717) is 12.3 Å². The second-order valence-electron chi connectivity index (χ2n) is 4.19. The minimum absolute atomic E-state index is 0.278. The van der Waals surface area contributed by atoms with Crippen LogP contribution in [0, 0.1) is 5.82 Å². The lowest BCUT2D eigenvalue weighted by molar-refractivity contribution is 0.109. The van der Waals surface area contributed by atoms with E-state index in [2.05, 4.69) is 5.32 Å². The Hall–Kier alpha value is -1.09. The van der Waals surface area contributed by atoms with Crippen molar-refractivity contribution in [1.29, 1.82) is 0 Å². The molecule has 0 radical (unpaired) electrons. The molecule has 2 rings (SSSR count). The summed E-state index contributed by atoms with van der Waals surface area (Å²) in [6.45, 7) is 5.28. The zero-order chi connectivity index (χ0) is 10.2. The van der Waals surface area contributed by atoms with Crippen LogP contribution in [0.1, 0.15) is 19.4 Å². The molecule has 1 aromatic rings. The SMILES string of the molecule is CC1(C)CNCc2cccc(F)c2O1. The lowest BCUT2D eigenvalue weighted by Crippen LogP contribution is -2.37. The maximum Gasteiger partial charge on any atom is 0.165 e. The van der Waals surface area contributed by atoms with Gasteiger partial charge in [-0.2, -0.15) is 0 Å². The van der Waals surface area contributed by atoms with Crippen LogP contribution in [0.15, 0.2) is 18.2 Å². The summed E-state index contributed by atoms with van der Waals surface area (Å²) in [5.74, 6) is 0.113. The molecular weight excluding hydrogens is 181 g/mol. The smallest absolute Gasteiger partial charge is 0.165 e. The molecule has 0 amide bonds. The highest BCUT2D eigenvalue weighted by molar-refractivity contribution is 5.36. The number of para-hydroxylation sites is 1. The second-order valence-corrected chi connectivity index (χ2v) is 4.19. The van der Waals surface area contributed by atoms with Crippen LogP contribution in [0.2, 0.25) is 0 Å². The van der Waals surface area contributed by atoms with Gasteiger partial charge in [0, 0.05) is 18.7 Å². The van der Waals surface area contributed by atoms with Crippen molar-refractivity contribution in [2.24, 2.45) is 0 Å². The normalized spacial score (nSPS) is 19.4. The molecule has 76 valence electrons. The Morgan fingerprint density at radius 1 is 1.43 bits per heavy atom. The van der Waals surface area contributed by atoms with Gasteiger partial charge in [-0.15, -0.1) is 0 Å². The van der Waals surface area contributed by atoms with Gasteiger partial charge >= 0.3 is 0 Å². The number of hydrogen-bond acceptors (Lipinski definition) is 2. The minimum atomic E-state index is -0.354. The monoisotopic (exact) mass is 195 g/mol. The first-order chi connectivity index (χ1) is 6.58. The topological polar surface area (TPSA) is 21.3 Å². The van der Waals surface area contributed by atoms with Crippen LogP contribution in [0.25, 0.3) is 0 Å². The largest absolute Gasteiger partial charge is 0.483 e. The van der Waals surface area contributed by atoms with Crippen LogP contribution in [0.3, 0.4) is 0 Å². The molecule has 0 saturated heterocycles. The molecule has 2 nitrogen and oxygen atoms in total. The maximum absolute atomic E-state index is 13.4. The fraction of sp³-hybridized carbons (Fsp3) is 0.455. The van der Waals surface area contributed by atoms with Crippen LogP contribution >= 0.6 is 0 Å². The Morgan fingerprint density at radius 2 is 2.21 bits per heavy atom. The van der Waals surface area contributed by atoms with E-state index < -0.39 is 0 Å². The van der Waals surface area contributed by atoms with E-state index in [1.165, 1.54) is 6.07 Å². The van der Waals surface area contributed by atoms with E-state index in [1.54, 1.807) is 6.07 Å². The zero-order valence-corrected chi connectivity index (χ0v) is 8.43. The number of rotatable bonds is 0. The molecule has 0 aromatic heterocycles. The predicted molar refractivity (Wildman–Crippen MR) is 52.8 cm³/mol. The van der Waals surface area contributed by atoms with E-state index >= 15 is 0 Å². The fourth-order valence-corrected chi connectivity index (χ4v) is 1.62. The Morgan fingerprint density at radius 3 is 3.00 bits per heavy atom. The van der Waals surface area contributed by atoms with Gasteiger partial charge in [-0.05, 0) is 19.9 Å². The molecule has 1 aliphatic rings. The fourth-order valence-electron chi connectivity index (χ4n) is 1.62. The highest BCUT2D eigenvalue weighted by Crippen LogP contribution is 2.28. The molecule has 0 bridgehead atoms. The number of benzene rings is 1. The molecule has 0 unspecified atom stereocenters. The molecule has 1 aliphatic heterocycles. The van der Waals surface area contributed by atoms with Gasteiger partial charge in [-0.25, -0.2) is 4.39 Å². The summed E-state index contributed by atoms with van der Waals surface area (Å²) in [5, 5.41) is 3.23. The first-order valence-electron chi connectivity index (χ1n) is 4.76. The van der Waals surface area contributed by atoms with Crippen LogP contribution in [-0.2, 0) is 6.54 Å². The molecule has 0 aliphatic carbocycles. The van der Waals surface area contributed by atoms with Crippen molar-refractivity contribution in [3.05, 3.63) is 29.6 Å². The first-order valence-corrected chi connectivity index (χ1v) is 4.76. The summed E-state index contributed by atoms with van der Waals surface area (Å²) < 4.78 is 19.1. The lowest BCUT2D eigenvalue weighted by Gasteiger charge is -2.24. The molecular formula is C11H14FNO. The maximum atomic E-state index is 13.4. The van der Waals surface area contributed by atoms with Crippen molar-refractivity contribution in [2.45, 2.75) is 26.0 Å². The van der Waals surface area contributed by atoms with Crippen molar-refractivity contribution in [1.82, 2.24) is 5.32 Å². The quantitative estimate of drug-likeness (QED) is 0.684. The molecule has 0 spiro atoms.